The Kier molecular flexibility index (Phi) is 4.00. The Labute approximate surface area is 133 Å². The summed E-state index contributed by atoms with van der Waals surface area (Å²) in [6.07, 6.45) is 1.50. The van der Waals surface area contributed by atoms with Crippen LogP contribution in [0.15, 0.2) is 12.3 Å². The van der Waals surface area contributed by atoms with E-state index in [1.807, 2.05) is 6.92 Å². The molecular weight excluding hydrogens is 328 g/mol. The molecule has 3 heterocycles. The third-order valence-electron chi connectivity index (χ3n) is 3.77. The first kappa shape index (κ1) is 15.5. The van der Waals surface area contributed by atoms with E-state index in [2.05, 4.69) is 14.9 Å². The molecule has 1 atom stereocenters. The van der Waals surface area contributed by atoms with Crippen LogP contribution >= 0.6 is 11.6 Å². The quantitative estimate of drug-likeness (QED) is 0.785. The molecule has 0 unspecified atom stereocenters. The molecule has 9 heteroatoms. The van der Waals surface area contributed by atoms with Crippen molar-refractivity contribution in [1.82, 2.24) is 13.9 Å². The molecule has 1 aliphatic heterocycles. The Balaban J connectivity index is 2.20. The topological polar surface area (TPSA) is 77.3 Å². The van der Waals surface area contributed by atoms with Gasteiger partial charge in [-0.15, -0.1) is 0 Å². The lowest BCUT2D eigenvalue weighted by molar-refractivity contribution is 0.0987. The fourth-order valence-electron chi connectivity index (χ4n) is 2.57. The lowest BCUT2D eigenvalue weighted by Gasteiger charge is -2.34. The van der Waals surface area contributed by atoms with Crippen molar-refractivity contribution in [3.63, 3.8) is 0 Å². The van der Waals surface area contributed by atoms with Crippen LogP contribution in [0.1, 0.15) is 13.8 Å². The first-order valence-corrected chi connectivity index (χ1v) is 9.05. The van der Waals surface area contributed by atoms with Crippen molar-refractivity contribution >= 4 is 38.5 Å². The van der Waals surface area contributed by atoms with Gasteiger partial charge in [0.05, 0.1) is 30.4 Å². The monoisotopic (exact) mass is 344 g/mol. The Morgan fingerprint density at radius 1 is 1.45 bits per heavy atom. The predicted octanol–water partition coefficient (Wildman–Crippen LogP) is 1.51. The van der Waals surface area contributed by atoms with Gasteiger partial charge in [-0.2, -0.15) is 9.97 Å². The van der Waals surface area contributed by atoms with E-state index >= 15 is 0 Å². The maximum atomic E-state index is 12.2. The maximum absolute atomic E-state index is 12.2. The molecule has 0 amide bonds. The molecule has 0 saturated carbocycles. The Hall–Kier alpha value is -1.38. The summed E-state index contributed by atoms with van der Waals surface area (Å²) in [5.74, 6) is 0.637. The number of rotatable bonds is 3. The largest absolute Gasteiger partial charge is 0.377 e. The summed E-state index contributed by atoms with van der Waals surface area (Å²) in [4.78, 5) is 10.5. The Morgan fingerprint density at radius 3 is 2.91 bits per heavy atom. The molecule has 1 aliphatic rings. The third-order valence-corrected chi connectivity index (χ3v) is 5.56. The molecule has 22 heavy (non-hydrogen) atoms. The highest BCUT2D eigenvalue weighted by molar-refractivity contribution is 7.90. The fourth-order valence-corrected chi connectivity index (χ4v) is 3.66. The number of nitrogens with zero attached hydrogens (tertiary/aromatic N) is 4. The molecule has 1 fully saturated rings. The zero-order chi connectivity index (χ0) is 15.9. The van der Waals surface area contributed by atoms with Crippen molar-refractivity contribution in [2.45, 2.75) is 19.9 Å². The van der Waals surface area contributed by atoms with Crippen LogP contribution in [0, 0.1) is 0 Å². The first-order valence-electron chi connectivity index (χ1n) is 7.06. The van der Waals surface area contributed by atoms with Crippen LogP contribution in [0.3, 0.4) is 0 Å². The van der Waals surface area contributed by atoms with E-state index < -0.39 is 10.0 Å². The van der Waals surface area contributed by atoms with Crippen LogP contribution in [-0.2, 0) is 14.8 Å². The van der Waals surface area contributed by atoms with E-state index in [-0.39, 0.29) is 17.1 Å². The summed E-state index contributed by atoms with van der Waals surface area (Å²) >= 11 is 6.02. The minimum atomic E-state index is -3.43. The minimum Gasteiger partial charge on any atom is -0.377 e. The molecule has 0 aliphatic carbocycles. The SMILES string of the molecule is CCS(=O)(=O)n1ccc2c(N3CCOC[C@H]3C)nc(Cl)nc21. The molecule has 0 N–H and O–H groups in total. The average molecular weight is 345 g/mol. The lowest BCUT2D eigenvalue weighted by Crippen LogP contribution is -2.44. The molecule has 1 saturated heterocycles. The van der Waals surface area contributed by atoms with Crippen molar-refractivity contribution in [2.24, 2.45) is 0 Å². The van der Waals surface area contributed by atoms with Gasteiger partial charge >= 0.3 is 0 Å². The number of anilines is 1. The second-order valence-corrected chi connectivity index (χ2v) is 7.66. The smallest absolute Gasteiger partial charge is 0.239 e. The number of hydrogen-bond donors (Lipinski definition) is 0. The van der Waals surface area contributed by atoms with E-state index in [4.69, 9.17) is 16.3 Å². The van der Waals surface area contributed by atoms with Gasteiger partial charge in [0.2, 0.25) is 15.3 Å². The minimum absolute atomic E-state index is 0.0122. The number of halogens is 1. The average Bonchev–Trinajstić information content (AvgIpc) is 2.91. The highest BCUT2D eigenvalue weighted by Crippen LogP contribution is 2.29. The summed E-state index contributed by atoms with van der Waals surface area (Å²) in [5.41, 5.74) is 0.315. The van der Waals surface area contributed by atoms with Crippen molar-refractivity contribution in [3.05, 3.63) is 17.5 Å². The van der Waals surface area contributed by atoms with Gasteiger partial charge in [-0.3, -0.25) is 0 Å². The normalized spacial score (nSPS) is 19.8. The molecule has 0 bridgehead atoms. The second kappa shape index (κ2) is 5.68. The van der Waals surface area contributed by atoms with E-state index in [1.54, 1.807) is 13.0 Å². The molecule has 3 rings (SSSR count). The summed E-state index contributed by atoms with van der Waals surface area (Å²) in [5, 5.41) is 0.711. The molecule has 0 radical (unpaired) electrons. The molecule has 0 aromatic carbocycles. The number of morpholine rings is 1. The zero-order valence-corrected chi connectivity index (χ0v) is 13.9. The van der Waals surface area contributed by atoms with Gasteiger partial charge in [-0.05, 0) is 31.5 Å². The van der Waals surface area contributed by atoms with Crippen molar-refractivity contribution in [2.75, 3.05) is 30.4 Å². The molecule has 0 spiro atoms. The Morgan fingerprint density at radius 2 is 2.23 bits per heavy atom. The van der Waals surface area contributed by atoms with Crippen molar-refractivity contribution < 1.29 is 13.2 Å². The molecule has 120 valence electrons. The highest BCUT2D eigenvalue weighted by Gasteiger charge is 2.25. The highest BCUT2D eigenvalue weighted by atomic mass is 35.5. The second-order valence-electron chi connectivity index (χ2n) is 5.18. The number of fused-ring (bicyclic) bond motifs is 1. The fraction of sp³-hybridized carbons (Fsp3) is 0.538. The number of hydrogen-bond acceptors (Lipinski definition) is 6. The van der Waals surface area contributed by atoms with Gasteiger partial charge in [0.1, 0.15) is 5.82 Å². The summed E-state index contributed by atoms with van der Waals surface area (Å²) in [6.45, 7) is 5.49. The zero-order valence-electron chi connectivity index (χ0n) is 12.4. The summed E-state index contributed by atoms with van der Waals surface area (Å²) in [6, 6.07) is 1.85. The van der Waals surface area contributed by atoms with Crippen molar-refractivity contribution in [3.8, 4) is 0 Å². The standard InChI is InChI=1S/C13H17ClN4O3S/c1-3-22(19,20)18-5-4-10-11(15-13(14)16-12(10)18)17-6-7-21-8-9(17)2/h4-5,9H,3,6-8H2,1-2H3/t9-/m1/s1. The van der Waals surface area contributed by atoms with Crippen LogP contribution in [0.4, 0.5) is 5.82 Å². The summed E-state index contributed by atoms with van der Waals surface area (Å²) in [7, 11) is -3.43. The molecule has 2 aromatic rings. The van der Waals surface area contributed by atoms with Gasteiger partial charge in [0.15, 0.2) is 5.65 Å². The van der Waals surface area contributed by atoms with E-state index in [9.17, 15) is 8.42 Å². The van der Waals surface area contributed by atoms with E-state index in [1.165, 1.54) is 10.2 Å². The van der Waals surface area contributed by atoms with Crippen LogP contribution in [0.25, 0.3) is 11.0 Å². The first-order chi connectivity index (χ1) is 10.4. The van der Waals surface area contributed by atoms with Crippen LogP contribution < -0.4 is 4.90 Å². The van der Waals surface area contributed by atoms with Gasteiger partial charge < -0.3 is 9.64 Å². The van der Waals surface area contributed by atoms with E-state index in [0.29, 0.717) is 36.6 Å². The van der Waals surface area contributed by atoms with Crippen LogP contribution in [-0.4, -0.2) is 53.9 Å². The molecule has 7 nitrogen and oxygen atoms in total. The van der Waals surface area contributed by atoms with Gasteiger partial charge in [-0.1, -0.05) is 0 Å². The predicted molar refractivity (Wildman–Crippen MR) is 85.0 cm³/mol. The number of aromatic nitrogens is 3. The molecular formula is C13H17ClN4O3S. The number of ether oxygens (including phenoxy) is 1. The summed E-state index contributed by atoms with van der Waals surface area (Å²) < 4.78 is 30.9. The van der Waals surface area contributed by atoms with Gasteiger partial charge in [-0.25, -0.2) is 12.4 Å². The van der Waals surface area contributed by atoms with Crippen LogP contribution in [0.2, 0.25) is 5.28 Å². The van der Waals surface area contributed by atoms with Crippen molar-refractivity contribution in [1.29, 1.82) is 0 Å². The van der Waals surface area contributed by atoms with E-state index in [0.717, 1.165) is 0 Å². The van der Waals surface area contributed by atoms with Gasteiger partial charge in [0.25, 0.3) is 0 Å². The third kappa shape index (κ3) is 2.55. The maximum Gasteiger partial charge on any atom is 0.239 e. The Bertz CT molecular complexity index is 805. The molecule has 2 aromatic heterocycles. The lowest BCUT2D eigenvalue weighted by atomic mass is 10.2. The van der Waals surface area contributed by atoms with Crippen LogP contribution in [0.5, 0.6) is 0 Å². The van der Waals surface area contributed by atoms with Gasteiger partial charge in [0, 0.05) is 12.7 Å².